The molecule has 1 saturated heterocycles. The predicted molar refractivity (Wildman–Crippen MR) is 61.2 cm³/mol. The third kappa shape index (κ3) is 2.63. The van der Waals surface area contributed by atoms with Gasteiger partial charge in [0.1, 0.15) is 0 Å². The number of aliphatic hydroxyl groups is 1. The van der Waals surface area contributed by atoms with Crippen molar-refractivity contribution in [3.05, 3.63) is 0 Å². The standard InChI is InChI=1S/C11H18O5S/c12-9-3-1-2-8(9)10(11(13)14)7-4-5-17(15,16)6-7/h7-10,12H,1-6H2,(H,13,14). The molecule has 2 N–H and O–H groups in total. The maximum atomic E-state index is 11.4. The number of rotatable bonds is 3. The molecule has 0 amide bonds. The van der Waals surface area contributed by atoms with Gasteiger partial charge in [-0.25, -0.2) is 8.42 Å². The molecule has 0 aromatic carbocycles. The molecule has 6 heteroatoms. The van der Waals surface area contributed by atoms with E-state index in [4.69, 9.17) is 0 Å². The van der Waals surface area contributed by atoms with Crippen LogP contribution < -0.4 is 0 Å². The Kier molecular flexibility index (Phi) is 3.45. The van der Waals surface area contributed by atoms with Crippen molar-refractivity contribution < 1.29 is 23.4 Å². The van der Waals surface area contributed by atoms with E-state index in [9.17, 15) is 23.4 Å². The fraction of sp³-hybridized carbons (Fsp3) is 0.909. The highest BCUT2D eigenvalue weighted by molar-refractivity contribution is 7.91. The van der Waals surface area contributed by atoms with Crippen LogP contribution in [0.25, 0.3) is 0 Å². The minimum atomic E-state index is -3.07. The van der Waals surface area contributed by atoms with Crippen molar-refractivity contribution in [1.82, 2.24) is 0 Å². The number of hydrogen-bond acceptors (Lipinski definition) is 4. The summed E-state index contributed by atoms with van der Waals surface area (Å²) < 4.78 is 22.8. The van der Waals surface area contributed by atoms with Crippen LogP contribution >= 0.6 is 0 Å². The number of carboxylic acid groups (broad SMARTS) is 1. The molecule has 2 aliphatic rings. The van der Waals surface area contributed by atoms with Crippen molar-refractivity contribution in [2.45, 2.75) is 31.8 Å². The van der Waals surface area contributed by atoms with Gasteiger partial charge in [0.15, 0.2) is 9.84 Å². The fourth-order valence-electron chi connectivity index (χ4n) is 3.23. The second-order valence-electron chi connectivity index (χ2n) is 5.19. The first-order valence-electron chi connectivity index (χ1n) is 6.02. The molecule has 2 rings (SSSR count). The Morgan fingerprint density at radius 3 is 2.35 bits per heavy atom. The van der Waals surface area contributed by atoms with Crippen LogP contribution in [0.3, 0.4) is 0 Å². The van der Waals surface area contributed by atoms with Gasteiger partial charge in [-0.2, -0.15) is 0 Å². The smallest absolute Gasteiger partial charge is 0.307 e. The van der Waals surface area contributed by atoms with Crippen molar-refractivity contribution >= 4 is 15.8 Å². The zero-order chi connectivity index (χ0) is 12.6. The van der Waals surface area contributed by atoms with Crippen LogP contribution in [0.1, 0.15) is 25.7 Å². The largest absolute Gasteiger partial charge is 0.481 e. The van der Waals surface area contributed by atoms with Crippen molar-refractivity contribution in [3.63, 3.8) is 0 Å². The topological polar surface area (TPSA) is 91.7 Å². The van der Waals surface area contributed by atoms with Gasteiger partial charge in [-0.1, -0.05) is 6.42 Å². The Labute approximate surface area is 101 Å². The van der Waals surface area contributed by atoms with Crippen LogP contribution in [0.5, 0.6) is 0 Å². The van der Waals surface area contributed by atoms with E-state index in [1.54, 1.807) is 0 Å². The van der Waals surface area contributed by atoms with Gasteiger partial charge in [0.05, 0.1) is 23.5 Å². The van der Waals surface area contributed by atoms with Crippen LogP contribution in [-0.2, 0) is 14.6 Å². The molecule has 0 aromatic heterocycles. The molecule has 0 aromatic rings. The van der Waals surface area contributed by atoms with Crippen LogP contribution in [0.4, 0.5) is 0 Å². The Morgan fingerprint density at radius 2 is 1.94 bits per heavy atom. The Morgan fingerprint density at radius 1 is 1.24 bits per heavy atom. The zero-order valence-corrected chi connectivity index (χ0v) is 10.4. The molecule has 4 atom stereocenters. The van der Waals surface area contributed by atoms with Gasteiger partial charge < -0.3 is 10.2 Å². The quantitative estimate of drug-likeness (QED) is 0.762. The van der Waals surface area contributed by atoms with E-state index in [0.29, 0.717) is 19.3 Å². The average molecular weight is 262 g/mol. The molecule has 1 aliphatic carbocycles. The highest BCUT2D eigenvalue weighted by Crippen LogP contribution is 2.39. The summed E-state index contributed by atoms with van der Waals surface area (Å²) >= 11 is 0. The van der Waals surface area contributed by atoms with E-state index in [2.05, 4.69) is 0 Å². The minimum absolute atomic E-state index is 0.0345. The molecular formula is C11H18O5S. The monoisotopic (exact) mass is 262 g/mol. The molecule has 1 aliphatic heterocycles. The summed E-state index contributed by atoms with van der Waals surface area (Å²) in [6, 6.07) is 0. The van der Waals surface area contributed by atoms with E-state index in [1.807, 2.05) is 0 Å². The van der Waals surface area contributed by atoms with Gasteiger partial charge >= 0.3 is 5.97 Å². The lowest BCUT2D eigenvalue weighted by molar-refractivity contribution is -0.147. The molecule has 2 fully saturated rings. The van der Waals surface area contributed by atoms with E-state index in [0.717, 1.165) is 6.42 Å². The van der Waals surface area contributed by atoms with Gasteiger partial charge in [-0.15, -0.1) is 0 Å². The zero-order valence-electron chi connectivity index (χ0n) is 9.58. The number of carboxylic acids is 1. The van der Waals surface area contributed by atoms with E-state index >= 15 is 0 Å². The molecule has 4 unspecified atom stereocenters. The molecule has 0 spiro atoms. The highest BCUT2D eigenvalue weighted by Gasteiger charge is 2.45. The minimum Gasteiger partial charge on any atom is -0.481 e. The first kappa shape index (κ1) is 12.8. The number of carbonyl (C=O) groups is 1. The second-order valence-corrected chi connectivity index (χ2v) is 7.42. The first-order valence-corrected chi connectivity index (χ1v) is 7.84. The molecule has 1 saturated carbocycles. The summed E-state index contributed by atoms with van der Waals surface area (Å²) in [6.07, 6.45) is 1.99. The second kappa shape index (κ2) is 4.57. The van der Waals surface area contributed by atoms with Gasteiger partial charge in [-0.05, 0) is 31.1 Å². The molecule has 17 heavy (non-hydrogen) atoms. The van der Waals surface area contributed by atoms with Crippen molar-refractivity contribution in [1.29, 1.82) is 0 Å². The lowest BCUT2D eigenvalue weighted by Gasteiger charge is -2.26. The number of aliphatic hydroxyl groups excluding tert-OH is 1. The van der Waals surface area contributed by atoms with Crippen LogP contribution in [-0.4, -0.2) is 42.2 Å². The van der Waals surface area contributed by atoms with Gasteiger partial charge in [-0.3, -0.25) is 4.79 Å². The Balaban J connectivity index is 2.16. The molecular weight excluding hydrogens is 244 g/mol. The molecule has 0 bridgehead atoms. The lowest BCUT2D eigenvalue weighted by Crippen LogP contribution is -2.35. The van der Waals surface area contributed by atoms with E-state index < -0.39 is 27.8 Å². The van der Waals surface area contributed by atoms with Crippen molar-refractivity contribution in [2.24, 2.45) is 17.8 Å². The van der Waals surface area contributed by atoms with E-state index in [1.165, 1.54) is 0 Å². The highest BCUT2D eigenvalue weighted by atomic mass is 32.2. The molecule has 5 nitrogen and oxygen atoms in total. The summed E-state index contributed by atoms with van der Waals surface area (Å²) in [4.78, 5) is 11.3. The maximum absolute atomic E-state index is 11.4. The average Bonchev–Trinajstić information content (AvgIpc) is 2.75. The maximum Gasteiger partial charge on any atom is 0.307 e. The van der Waals surface area contributed by atoms with Gasteiger partial charge in [0.2, 0.25) is 0 Å². The molecule has 1 heterocycles. The van der Waals surface area contributed by atoms with Crippen LogP contribution in [0.15, 0.2) is 0 Å². The number of aliphatic carboxylic acids is 1. The van der Waals surface area contributed by atoms with E-state index in [-0.39, 0.29) is 23.3 Å². The van der Waals surface area contributed by atoms with Crippen molar-refractivity contribution in [2.75, 3.05) is 11.5 Å². The Bertz CT molecular complexity index is 402. The van der Waals surface area contributed by atoms with Gasteiger partial charge in [0, 0.05) is 0 Å². The number of hydrogen-bond donors (Lipinski definition) is 2. The van der Waals surface area contributed by atoms with Crippen molar-refractivity contribution in [3.8, 4) is 0 Å². The third-order valence-corrected chi connectivity index (χ3v) is 5.85. The summed E-state index contributed by atoms with van der Waals surface area (Å²) in [5.74, 6) is -2.21. The van der Waals surface area contributed by atoms with Crippen LogP contribution in [0, 0.1) is 17.8 Å². The van der Waals surface area contributed by atoms with Crippen LogP contribution in [0.2, 0.25) is 0 Å². The first-order chi connectivity index (χ1) is 7.91. The predicted octanol–water partition coefficient (Wildman–Crippen LogP) is 0.283. The SMILES string of the molecule is O=C(O)C(C1CCS(=O)(=O)C1)C1CCCC1O. The molecule has 0 radical (unpaired) electrons. The summed E-state index contributed by atoms with van der Waals surface area (Å²) in [7, 11) is -3.07. The number of sulfone groups is 1. The Hall–Kier alpha value is -0.620. The summed E-state index contributed by atoms with van der Waals surface area (Å²) in [5, 5.41) is 19.1. The molecule has 98 valence electrons. The summed E-state index contributed by atoms with van der Waals surface area (Å²) in [5.41, 5.74) is 0. The lowest BCUT2D eigenvalue weighted by atomic mass is 9.79. The van der Waals surface area contributed by atoms with Gasteiger partial charge in [0.25, 0.3) is 0 Å². The normalized spacial score (nSPS) is 38.1. The third-order valence-electron chi connectivity index (χ3n) is 4.05. The fourth-order valence-corrected chi connectivity index (χ4v) is 5.08. The summed E-state index contributed by atoms with van der Waals surface area (Å²) in [6.45, 7) is 0.